The third kappa shape index (κ3) is 4.05. The molecule has 0 spiro atoms. The van der Waals surface area contributed by atoms with Gasteiger partial charge in [0.05, 0.1) is 6.04 Å². The number of carbonyl (C=O) groups is 1. The van der Waals surface area contributed by atoms with Crippen molar-refractivity contribution >= 4 is 17.2 Å². The van der Waals surface area contributed by atoms with Crippen molar-refractivity contribution in [2.75, 3.05) is 20.6 Å². The van der Waals surface area contributed by atoms with Crippen LogP contribution >= 0.6 is 11.3 Å². The van der Waals surface area contributed by atoms with Gasteiger partial charge in [0.25, 0.3) is 0 Å². The molecule has 118 valence electrons. The number of hydrogen-bond donors (Lipinski definition) is 1. The van der Waals surface area contributed by atoms with Crippen molar-refractivity contribution in [1.29, 1.82) is 0 Å². The van der Waals surface area contributed by atoms with Crippen LogP contribution in [0.25, 0.3) is 0 Å². The van der Waals surface area contributed by atoms with Crippen molar-refractivity contribution in [3.8, 4) is 0 Å². The molecule has 0 aliphatic carbocycles. The maximum Gasteiger partial charge on any atom is 0.307 e. The Labute approximate surface area is 134 Å². The van der Waals surface area contributed by atoms with E-state index in [9.17, 15) is 9.59 Å². The molecular formula is C16H21N3O2S. The summed E-state index contributed by atoms with van der Waals surface area (Å²) >= 11 is 1.12. The molecule has 0 unspecified atom stereocenters. The van der Waals surface area contributed by atoms with Crippen LogP contribution in [0.4, 0.5) is 0 Å². The molecule has 5 nitrogen and oxygen atoms in total. The van der Waals surface area contributed by atoms with Gasteiger partial charge in [0.2, 0.25) is 5.91 Å². The SMILES string of the molecule is Cc1csc(=O)n1CC(=O)NC[C@@H](c1ccccc1)N(C)C. The van der Waals surface area contributed by atoms with Crippen LogP contribution in [0.1, 0.15) is 17.3 Å². The van der Waals surface area contributed by atoms with Crippen LogP contribution in [-0.4, -0.2) is 36.0 Å². The molecule has 0 aliphatic heterocycles. The fraction of sp³-hybridized carbons (Fsp3) is 0.375. The van der Waals surface area contributed by atoms with E-state index in [4.69, 9.17) is 0 Å². The molecule has 0 aliphatic rings. The maximum atomic E-state index is 12.1. The molecule has 1 heterocycles. The van der Waals surface area contributed by atoms with Crippen LogP contribution in [0.2, 0.25) is 0 Å². The molecule has 22 heavy (non-hydrogen) atoms. The summed E-state index contributed by atoms with van der Waals surface area (Å²) < 4.78 is 1.49. The Morgan fingerprint density at radius 1 is 1.32 bits per heavy atom. The van der Waals surface area contributed by atoms with E-state index < -0.39 is 0 Å². The first-order chi connectivity index (χ1) is 10.5. The lowest BCUT2D eigenvalue weighted by molar-refractivity contribution is -0.121. The highest BCUT2D eigenvalue weighted by atomic mass is 32.1. The van der Waals surface area contributed by atoms with Gasteiger partial charge < -0.3 is 10.2 Å². The van der Waals surface area contributed by atoms with Crippen molar-refractivity contribution in [3.05, 3.63) is 56.6 Å². The first-order valence-corrected chi connectivity index (χ1v) is 8.00. The Morgan fingerprint density at radius 3 is 2.55 bits per heavy atom. The molecule has 0 fully saturated rings. The predicted molar refractivity (Wildman–Crippen MR) is 89.2 cm³/mol. The molecular weight excluding hydrogens is 298 g/mol. The molecule has 0 bridgehead atoms. The number of nitrogens with zero attached hydrogens (tertiary/aromatic N) is 2. The van der Waals surface area contributed by atoms with E-state index in [0.29, 0.717) is 6.54 Å². The van der Waals surface area contributed by atoms with E-state index in [2.05, 4.69) is 10.2 Å². The van der Waals surface area contributed by atoms with Gasteiger partial charge in [-0.1, -0.05) is 41.7 Å². The van der Waals surface area contributed by atoms with Gasteiger partial charge in [0.15, 0.2) is 0 Å². The number of hydrogen-bond acceptors (Lipinski definition) is 4. The summed E-state index contributed by atoms with van der Waals surface area (Å²) in [5, 5.41) is 4.69. The summed E-state index contributed by atoms with van der Waals surface area (Å²) in [7, 11) is 3.97. The molecule has 1 amide bonds. The average molecular weight is 319 g/mol. The van der Waals surface area contributed by atoms with Crippen molar-refractivity contribution in [2.24, 2.45) is 0 Å². The Morgan fingerprint density at radius 2 is 2.00 bits per heavy atom. The molecule has 2 rings (SSSR count). The molecule has 1 N–H and O–H groups in total. The second kappa shape index (κ2) is 7.38. The minimum atomic E-state index is -0.147. The summed E-state index contributed by atoms with van der Waals surface area (Å²) in [6.45, 7) is 2.41. The minimum Gasteiger partial charge on any atom is -0.353 e. The van der Waals surface area contributed by atoms with Crippen molar-refractivity contribution in [3.63, 3.8) is 0 Å². The van der Waals surface area contributed by atoms with E-state index >= 15 is 0 Å². The molecule has 0 saturated carbocycles. The van der Waals surface area contributed by atoms with E-state index in [1.54, 1.807) is 5.38 Å². The van der Waals surface area contributed by atoms with Crippen molar-refractivity contribution in [2.45, 2.75) is 19.5 Å². The summed E-state index contributed by atoms with van der Waals surface area (Å²) in [6, 6.07) is 10.1. The normalized spacial score (nSPS) is 12.4. The zero-order valence-corrected chi connectivity index (χ0v) is 13.9. The number of benzene rings is 1. The Balaban J connectivity index is 1.98. The monoisotopic (exact) mass is 319 g/mol. The van der Waals surface area contributed by atoms with Crippen LogP contribution < -0.4 is 10.2 Å². The number of rotatable bonds is 6. The Hall–Kier alpha value is -1.92. The topological polar surface area (TPSA) is 54.3 Å². The van der Waals surface area contributed by atoms with Gasteiger partial charge in [0.1, 0.15) is 6.54 Å². The number of carbonyl (C=O) groups excluding carboxylic acids is 1. The third-order valence-electron chi connectivity index (χ3n) is 3.58. The van der Waals surface area contributed by atoms with Gasteiger partial charge in [-0.3, -0.25) is 14.2 Å². The lowest BCUT2D eigenvalue weighted by Crippen LogP contribution is -2.37. The fourth-order valence-electron chi connectivity index (χ4n) is 2.28. The second-order valence-electron chi connectivity index (χ2n) is 5.42. The summed E-state index contributed by atoms with van der Waals surface area (Å²) in [5.74, 6) is -0.147. The van der Waals surface area contributed by atoms with Crippen LogP contribution in [0.3, 0.4) is 0 Å². The number of thiazole rings is 1. The lowest BCUT2D eigenvalue weighted by Gasteiger charge is -2.25. The van der Waals surface area contributed by atoms with Crippen LogP contribution in [-0.2, 0) is 11.3 Å². The number of aromatic nitrogens is 1. The Bertz CT molecular complexity index is 676. The van der Waals surface area contributed by atoms with E-state index in [0.717, 1.165) is 22.6 Å². The third-order valence-corrected chi connectivity index (χ3v) is 4.46. The molecule has 0 saturated heterocycles. The van der Waals surface area contributed by atoms with E-state index in [1.165, 1.54) is 4.57 Å². The van der Waals surface area contributed by atoms with Gasteiger partial charge in [-0.2, -0.15) is 0 Å². The van der Waals surface area contributed by atoms with Crippen molar-refractivity contribution < 1.29 is 4.79 Å². The predicted octanol–water partition coefficient (Wildman–Crippen LogP) is 1.64. The van der Waals surface area contributed by atoms with Gasteiger partial charge in [0, 0.05) is 17.6 Å². The number of amides is 1. The Kier molecular flexibility index (Phi) is 5.51. The quantitative estimate of drug-likeness (QED) is 0.880. The van der Waals surface area contributed by atoms with Crippen molar-refractivity contribution in [1.82, 2.24) is 14.8 Å². The molecule has 1 aromatic carbocycles. The number of aryl methyl sites for hydroxylation is 1. The molecule has 0 radical (unpaired) electrons. The second-order valence-corrected chi connectivity index (χ2v) is 6.24. The van der Waals surface area contributed by atoms with E-state index in [1.807, 2.05) is 51.4 Å². The zero-order chi connectivity index (χ0) is 16.1. The molecule has 6 heteroatoms. The number of likely N-dealkylation sites (N-methyl/N-ethyl adjacent to an activating group) is 1. The largest absolute Gasteiger partial charge is 0.353 e. The summed E-state index contributed by atoms with van der Waals surface area (Å²) in [4.78, 5) is 25.7. The van der Waals surface area contributed by atoms with Gasteiger partial charge in [-0.15, -0.1) is 0 Å². The summed E-state index contributed by atoms with van der Waals surface area (Å²) in [5.41, 5.74) is 1.97. The van der Waals surface area contributed by atoms with Gasteiger partial charge >= 0.3 is 4.87 Å². The zero-order valence-electron chi connectivity index (χ0n) is 13.1. The summed E-state index contributed by atoms with van der Waals surface area (Å²) in [6.07, 6.45) is 0. The minimum absolute atomic E-state index is 0.0725. The molecule has 1 aromatic heterocycles. The highest BCUT2D eigenvalue weighted by Gasteiger charge is 2.15. The smallest absolute Gasteiger partial charge is 0.307 e. The highest BCUT2D eigenvalue weighted by molar-refractivity contribution is 7.07. The maximum absolute atomic E-state index is 12.1. The lowest BCUT2D eigenvalue weighted by atomic mass is 10.1. The van der Waals surface area contributed by atoms with E-state index in [-0.39, 0.29) is 23.4 Å². The highest BCUT2D eigenvalue weighted by Crippen LogP contribution is 2.16. The van der Waals surface area contributed by atoms with Crippen LogP contribution in [0.15, 0.2) is 40.5 Å². The average Bonchev–Trinajstić information content (AvgIpc) is 2.80. The standard InChI is InChI=1S/C16H21N3O2S/c1-12-11-22-16(21)19(12)10-15(20)17-9-14(18(2)3)13-7-5-4-6-8-13/h4-8,11,14H,9-10H2,1-3H3,(H,17,20)/t14-/m0/s1. The molecule has 2 aromatic rings. The van der Waals surface area contributed by atoms with Gasteiger partial charge in [-0.05, 0) is 26.6 Å². The van der Waals surface area contributed by atoms with Crippen LogP contribution in [0, 0.1) is 6.92 Å². The first kappa shape index (κ1) is 16.5. The first-order valence-electron chi connectivity index (χ1n) is 7.12. The fourth-order valence-corrected chi connectivity index (χ4v) is 3.01. The molecule has 1 atom stereocenters. The van der Waals surface area contributed by atoms with Crippen LogP contribution in [0.5, 0.6) is 0 Å². The number of nitrogens with one attached hydrogen (secondary N) is 1. The van der Waals surface area contributed by atoms with Gasteiger partial charge in [-0.25, -0.2) is 0 Å².